The number of carbonyl (C=O) groups excluding carboxylic acids is 2. The van der Waals surface area contributed by atoms with Crippen molar-refractivity contribution in [3.05, 3.63) is 45.8 Å². The molecule has 0 spiro atoms. The van der Waals surface area contributed by atoms with Crippen molar-refractivity contribution in [1.29, 1.82) is 0 Å². The minimum atomic E-state index is -4.40. The highest BCUT2D eigenvalue weighted by atomic mass is 31.2. The van der Waals surface area contributed by atoms with Gasteiger partial charge in [0.1, 0.15) is 29.6 Å². The molecule has 12 heteroatoms. The van der Waals surface area contributed by atoms with Gasteiger partial charge in [0.15, 0.2) is 6.10 Å². The Balaban J connectivity index is 1.60. The second-order valence-corrected chi connectivity index (χ2v) is 16.8. The molecular weight excluding hydrogens is 733 g/mol. The lowest BCUT2D eigenvalue weighted by atomic mass is 10.0. The van der Waals surface area contributed by atoms with Crippen LogP contribution in [0.5, 0.6) is 0 Å². The summed E-state index contributed by atoms with van der Waals surface area (Å²) < 4.78 is 45.1. The van der Waals surface area contributed by atoms with Crippen molar-refractivity contribution in [2.45, 2.75) is 195 Å². The van der Waals surface area contributed by atoms with E-state index in [1.165, 1.54) is 48.8 Å². The largest absolute Gasteiger partial charge is 0.472 e. The second-order valence-electron chi connectivity index (χ2n) is 15.4. The fourth-order valence-corrected chi connectivity index (χ4v) is 7.58. The molecule has 322 valence electrons. The first kappa shape index (κ1) is 49.7. The summed E-state index contributed by atoms with van der Waals surface area (Å²) in [5.74, 6) is 3.62. The fourth-order valence-electron chi connectivity index (χ4n) is 6.81. The number of rotatable bonds is 35. The van der Waals surface area contributed by atoms with Gasteiger partial charge in [-0.3, -0.25) is 18.6 Å². The fraction of sp³-hybridized carbons (Fsp3) is 0.773. The summed E-state index contributed by atoms with van der Waals surface area (Å²) in [6.07, 6.45) is 22.4. The summed E-state index contributed by atoms with van der Waals surface area (Å²) in [6.45, 7) is 10.00. The molecule has 0 fully saturated rings. The van der Waals surface area contributed by atoms with Gasteiger partial charge in [-0.1, -0.05) is 90.9 Å². The van der Waals surface area contributed by atoms with Gasteiger partial charge in [0.2, 0.25) is 0 Å². The number of esters is 2. The van der Waals surface area contributed by atoms with Crippen LogP contribution in [-0.2, 0) is 58.4 Å². The lowest BCUT2D eigenvalue weighted by Crippen LogP contribution is -2.29. The average Bonchev–Trinajstić information content (AvgIpc) is 3.66. The van der Waals surface area contributed by atoms with Crippen molar-refractivity contribution < 1.29 is 46.4 Å². The van der Waals surface area contributed by atoms with Gasteiger partial charge < -0.3 is 28.9 Å². The lowest BCUT2D eigenvalue weighted by molar-refractivity contribution is -0.161. The molecule has 1 unspecified atom stereocenters. The summed E-state index contributed by atoms with van der Waals surface area (Å²) in [7, 11) is -4.40. The zero-order chi connectivity index (χ0) is 41.0. The minimum Gasteiger partial charge on any atom is -0.466 e. The van der Waals surface area contributed by atoms with E-state index in [1.54, 1.807) is 0 Å². The maximum atomic E-state index is 12.7. The number of carbonyl (C=O) groups is 2. The zero-order valence-electron chi connectivity index (χ0n) is 35.6. The van der Waals surface area contributed by atoms with Gasteiger partial charge in [0.25, 0.3) is 0 Å². The highest BCUT2D eigenvalue weighted by Crippen LogP contribution is 2.43. The normalized spacial score (nSPS) is 13.2. The number of phosphoric acid groups is 1. The Hall–Kier alpha value is -2.43. The van der Waals surface area contributed by atoms with Gasteiger partial charge >= 0.3 is 19.8 Å². The van der Waals surface area contributed by atoms with Gasteiger partial charge in [-0.05, 0) is 82.1 Å². The van der Waals surface area contributed by atoms with Crippen LogP contribution in [0, 0.1) is 20.8 Å². The van der Waals surface area contributed by atoms with E-state index < -0.39 is 32.5 Å². The van der Waals surface area contributed by atoms with Gasteiger partial charge in [0, 0.05) is 45.1 Å². The summed E-state index contributed by atoms with van der Waals surface area (Å²) in [6, 6.07) is 2.19. The zero-order valence-corrected chi connectivity index (χ0v) is 36.5. The molecule has 3 N–H and O–H groups in total. The van der Waals surface area contributed by atoms with Crippen LogP contribution in [0.15, 0.2) is 14.9 Å². The first-order valence-corrected chi connectivity index (χ1v) is 23.3. The molecule has 0 radical (unpaired) electrons. The number of hydrogen-bond acceptors (Lipinski definition) is 10. The quantitative estimate of drug-likeness (QED) is 0.0387. The Labute approximate surface area is 338 Å². The Morgan fingerprint density at radius 1 is 0.661 bits per heavy atom. The van der Waals surface area contributed by atoms with Gasteiger partial charge in [-0.25, -0.2) is 4.57 Å². The molecule has 0 aliphatic rings. The van der Waals surface area contributed by atoms with E-state index in [-0.39, 0.29) is 32.6 Å². The number of phosphoric ester groups is 1. The molecule has 0 aromatic carbocycles. The van der Waals surface area contributed by atoms with Crippen LogP contribution in [0.4, 0.5) is 0 Å². The highest BCUT2D eigenvalue weighted by molar-refractivity contribution is 7.47. The third-order valence-corrected chi connectivity index (χ3v) is 11.3. The molecule has 2 aromatic heterocycles. The smallest absolute Gasteiger partial charge is 0.466 e. The lowest BCUT2D eigenvalue weighted by Gasteiger charge is -2.19. The standard InChI is InChI=1S/C44H76NO10P/c1-6-8-19-25-38-32-35(3)40(53-38)26-20-15-13-14-17-22-28-43(46)50-33-39(34-52-56(48,49)51-31-30-45)54-44(47)29-23-18-12-10-9-11-16-21-27-42-37(5)36(4)41(55-42)24-7-2/h32,39H,6-31,33-34,45H2,1-5H3,(H,48,49)/t39-/m1/s1. The van der Waals surface area contributed by atoms with E-state index in [2.05, 4.69) is 40.7 Å². The number of unbranched alkanes of at least 4 members (excludes halogenated alkanes) is 14. The predicted molar refractivity (Wildman–Crippen MR) is 222 cm³/mol. The van der Waals surface area contributed by atoms with Crippen LogP contribution in [-0.4, -0.2) is 49.3 Å². The topological polar surface area (TPSA) is 161 Å². The average molecular weight is 810 g/mol. The van der Waals surface area contributed by atoms with Crippen LogP contribution in [0.1, 0.15) is 182 Å². The van der Waals surface area contributed by atoms with Gasteiger partial charge in [-0.15, -0.1) is 0 Å². The van der Waals surface area contributed by atoms with E-state index in [0.29, 0.717) is 12.8 Å². The van der Waals surface area contributed by atoms with E-state index >= 15 is 0 Å². The SMILES string of the molecule is CCCCCc1cc(C)c(CCCCCCCCC(=O)OC[C@H](COP(=O)(O)OCCN)OC(=O)CCCCCCCCCCc2oc(CCC)c(C)c2C)o1. The molecule has 56 heavy (non-hydrogen) atoms. The molecule has 0 aliphatic heterocycles. The number of nitrogens with two attached hydrogens (primary N) is 1. The summed E-state index contributed by atoms with van der Waals surface area (Å²) in [4.78, 5) is 35.1. The van der Waals surface area contributed by atoms with Crippen molar-refractivity contribution in [2.75, 3.05) is 26.4 Å². The highest BCUT2D eigenvalue weighted by Gasteiger charge is 2.26. The molecule has 0 saturated carbocycles. The third-order valence-electron chi connectivity index (χ3n) is 10.3. The van der Waals surface area contributed by atoms with Crippen molar-refractivity contribution in [2.24, 2.45) is 5.73 Å². The number of hydrogen-bond donors (Lipinski definition) is 2. The molecule has 2 heterocycles. The van der Waals surface area contributed by atoms with E-state index in [9.17, 15) is 19.0 Å². The van der Waals surface area contributed by atoms with E-state index in [4.69, 9.17) is 33.1 Å². The van der Waals surface area contributed by atoms with E-state index in [0.717, 1.165) is 119 Å². The predicted octanol–water partition coefficient (Wildman–Crippen LogP) is 11.1. The number of ether oxygens (including phenoxy) is 2. The summed E-state index contributed by atoms with van der Waals surface area (Å²) >= 11 is 0. The molecule has 11 nitrogen and oxygen atoms in total. The van der Waals surface area contributed by atoms with E-state index in [1.807, 2.05) is 0 Å². The van der Waals surface area contributed by atoms with Crippen LogP contribution in [0.3, 0.4) is 0 Å². The minimum absolute atomic E-state index is 0.0414. The van der Waals surface area contributed by atoms with Crippen molar-refractivity contribution in [3.63, 3.8) is 0 Å². The van der Waals surface area contributed by atoms with Gasteiger partial charge in [-0.2, -0.15) is 0 Å². The first-order valence-electron chi connectivity index (χ1n) is 21.8. The molecule has 0 amide bonds. The maximum absolute atomic E-state index is 12.7. The Kier molecular flexibility index (Phi) is 26.4. The molecule has 0 bridgehead atoms. The molecule has 0 saturated heterocycles. The molecule has 2 atom stereocenters. The first-order chi connectivity index (χ1) is 27.0. The molecule has 2 aromatic rings. The third kappa shape index (κ3) is 21.9. The molecule has 0 aliphatic carbocycles. The number of aryl methyl sites for hydroxylation is 5. The molecule has 2 rings (SSSR count). The van der Waals surface area contributed by atoms with Crippen LogP contribution in [0.2, 0.25) is 0 Å². The maximum Gasteiger partial charge on any atom is 0.472 e. The van der Waals surface area contributed by atoms with Crippen molar-refractivity contribution in [3.8, 4) is 0 Å². The molecular formula is C44H76NO10P. The number of furan rings is 2. The Morgan fingerprint density at radius 3 is 1.79 bits per heavy atom. The summed E-state index contributed by atoms with van der Waals surface area (Å²) in [5.41, 5.74) is 9.22. The van der Waals surface area contributed by atoms with Gasteiger partial charge in [0.05, 0.1) is 13.2 Å². The monoisotopic (exact) mass is 810 g/mol. The Morgan fingerprint density at radius 2 is 1.20 bits per heavy atom. The van der Waals surface area contributed by atoms with Crippen LogP contribution < -0.4 is 5.73 Å². The van der Waals surface area contributed by atoms with Crippen LogP contribution >= 0.6 is 7.82 Å². The van der Waals surface area contributed by atoms with Crippen molar-refractivity contribution >= 4 is 19.8 Å². The van der Waals surface area contributed by atoms with Crippen molar-refractivity contribution in [1.82, 2.24) is 0 Å². The Bertz CT molecular complexity index is 1400. The summed E-state index contributed by atoms with van der Waals surface area (Å²) in [5, 5.41) is 0. The second kappa shape index (κ2) is 29.7. The van der Waals surface area contributed by atoms with Crippen LogP contribution in [0.25, 0.3) is 0 Å².